The topological polar surface area (TPSA) is 56.4 Å². The molecule has 0 amide bonds. The van der Waals surface area contributed by atoms with E-state index in [1.54, 1.807) is 0 Å². The van der Waals surface area contributed by atoms with E-state index in [2.05, 4.69) is 187 Å². The Labute approximate surface area is 347 Å². The number of halogens is 1. The molecular weight excluding hydrogens is 794 g/mol. The number of aromatic amines is 1. The van der Waals surface area contributed by atoms with E-state index in [9.17, 15) is 0 Å². The molecule has 54 heavy (non-hydrogen) atoms. The molecule has 2 aromatic carbocycles. The molecule has 3 aromatic heterocycles. The molecule has 3 atom stereocenters. The molecule has 5 aromatic rings. The molecule has 0 saturated heterocycles. The van der Waals surface area contributed by atoms with Crippen LogP contribution < -0.4 is 9.97 Å². The van der Waals surface area contributed by atoms with Crippen LogP contribution >= 0.6 is 15.9 Å². The summed E-state index contributed by atoms with van der Waals surface area (Å²) < 4.78 is 0.840. The second-order valence-electron chi connectivity index (χ2n) is 19.0. The molecule has 0 saturated carbocycles. The number of rotatable bonds is 8. The Morgan fingerprint density at radius 1 is 0.796 bits per heavy atom. The SMILES string of the molecule is CC1=NC(Cc2ccc(C(c3cc(C(C)(C)C)cc(C(C)(C)C)c3)c3ccc(C(c4ccc(C#C[Si](C)(C)C)cc4)c4ccc(Br)[n-]4)[nH]3)[n-]2)C(C)(C)C1.[Zn+2]. The van der Waals surface area contributed by atoms with Crippen molar-refractivity contribution in [2.24, 2.45) is 10.4 Å². The largest absolute Gasteiger partial charge is 2.00 e. The van der Waals surface area contributed by atoms with Crippen molar-refractivity contribution >= 4 is 29.7 Å². The van der Waals surface area contributed by atoms with Crippen LogP contribution in [-0.4, -0.2) is 24.8 Å². The van der Waals surface area contributed by atoms with E-state index < -0.39 is 8.07 Å². The zero-order valence-electron chi connectivity index (χ0n) is 34.6. The summed E-state index contributed by atoms with van der Waals surface area (Å²) in [7, 11) is -1.48. The summed E-state index contributed by atoms with van der Waals surface area (Å²) in [5.74, 6) is 3.26. The molecule has 0 aliphatic carbocycles. The third-order valence-corrected chi connectivity index (χ3v) is 11.8. The van der Waals surface area contributed by atoms with Gasteiger partial charge in [-0.25, -0.2) is 0 Å². The summed E-state index contributed by atoms with van der Waals surface area (Å²) in [4.78, 5) is 19.3. The van der Waals surface area contributed by atoms with E-state index >= 15 is 0 Å². The van der Waals surface area contributed by atoms with E-state index in [4.69, 9.17) is 15.0 Å². The minimum Gasteiger partial charge on any atom is -0.664 e. The van der Waals surface area contributed by atoms with Crippen molar-refractivity contribution < 1.29 is 19.5 Å². The smallest absolute Gasteiger partial charge is 0.664 e. The molecular formula is C47H57BrN4SiZn. The summed E-state index contributed by atoms with van der Waals surface area (Å²) in [6.07, 6.45) is 1.89. The van der Waals surface area contributed by atoms with Gasteiger partial charge in [0, 0.05) is 34.5 Å². The van der Waals surface area contributed by atoms with E-state index in [-0.39, 0.29) is 53.6 Å². The van der Waals surface area contributed by atoms with Gasteiger partial charge in [-0.3, -0.25) is 4.99 Å². The van der Waals surface area contributed by atoms with Gasteiger partial charge in [-0.05, 0) is 82.5 Å². The second-order valence-corrected chi connectivity index (χ2v) is 24.6. The first-order chi connectivity index (χ1) is 24.7. The number of hydrogen-bond acceptors (Lipinski definition) is 1. The molecule has 1 N–H and O–H groups in total. The van der Waals surface area contributed by atoms with Gasteiger partial charge in [0.05, 0.1) is 6.04 Å². The molecule has 3 unspecified atom stereocenters. The first-order valence-corrected chi connectivity index (χ1v) is 23.4. The number of hydrogen-bond donors (Lipinski definition) is 1. The predicted molar refractivity (Wildman–Crippen MR) is 229 cm³/mol. The average Bonchev–Trinajstić information content (AvgIpc) is 3.85. The summed E-state index contributed by atoms with van der Waals surface area (Å²) in [5.41, 5.74) is 16.4. The van der Waals surface area contributed by atoms with Gasteiger partial charge in [-0.1, -0.05) is 156 Å². The summed E-state index contributed by atoms with van der Waals surface area (Å²) in [6.45, 7) is 27.5. The molecule has 6 rings (SSSR count). The first kappa shape index (κ1) is 42.0. The third-order valence-electron chi connectivity index (χ3n) is 10.5. The molecule has 0 bridgehead atoms. The van der Waals surface area contributed by atoms with Gasteiger partial charge in [-0.2, -0.15) is 5.69 Å². The van der Waals surface area contributed by atoms with Crippen LogP contribution in [0, 0.1) is 16.9 Å². The second kappa shape index (κ2) is 15.8. The van der Waals surface area contributed by atoms with E-state index in [0.29, 0.717) is 0 Å². The molecule has 1 aliphatic heterocycles. The van der Waals surface area contributed by atoms with Crippen molar-refractivity contribution in [1.29, 1.82) is 0 Å². The van der Waals surface area contributed by atoms with Gasteiger partial charge in [0.15, 0.2) is 0 Å². The maximum atomic E-state index is 5.40. The quantitative estimate of drug-likeness (QED) is 0.125. The van der Waals surface area contributed by atoms with Gasteiger partial charge in [0.2, 0.25) is 0 Å². The van der Waals surface area contributed by atoms with Gasteiger partial charge >= 0.3 is 19.5 Å². The molecule has 0 radical (unpaired) electrons. The molecule has 0 spiro atoms. The molecule has 278 valence electrons. The van der Waals surface area contributed by atoms with Crippen molar-refractivity contribution in [3.63, 3.8) is 0 Å². The van der Waals surface area contributed by atoms with Gasteiger partial charge < -0.3 is 15.0 Å². The number of nitrogens with zero attached hydrogens (tertiary/aromatic N) is 3. The van der Waals surface area contributed by atoms with Gasteiger partial charge in [-0.15, -0.1) is 16.9 Å². The van der Waals surface area contributed by atoms with Crippen LogP contribution in [0.15, 0.2) is 88.5 Å². The van der Waals surface area contributed by atoms with E-state index in [1.165, 1.54) is 28.0 Å². The maximum Gasteiger partial charge on any atom is 2.00 e. The van der Waals surface area contributed by atoms with Gasteiger partial charge in [0.25, 0.3) is 0 Å². The number of nitrogens with one attached hydrogen (secondary N) is 1. The van der Waals surface area contributed by atoms with Crippen molar-refractivity contribution in [1.82, 2.24) is 15.0 Å². The Hall–Kier alpha value is -3.17. The normalized spacial score (nSPS) is 17.0. The maximum absolute atomic E-state index is 5.40. The number of benzene rings is 2. The summed E-state index contributed by atoms with van der Waals surface area (Å²) >= 11 is 3.62. The van der Waals surface area contributed by atoms with Crippen molar-refractivity contribution in [3.8, 4) is 11.5 Å². The number of aliphatic imine (C=N–C) groups is 1. The Balaban J connectivity index is 0.00000561. The Kier molecular flexibility index (Phi) is 12.3. The Morgan fingerprint density at radius 2 is 1.35 bits per heavy atom. The Morgan fingerprint density at radius 3 is 1.85 bits per heavy atom. The van der Waals surface area contributed by atoms with Crippen LogP contribution in [0.25, 0.3) is 0 Å². The standard InChI is InChI=1S/C47H57BrN4Si.Zn/c1-30-29-47(8,9)41(49-30)28-36-17-18-37(50-36)44(33-25-34(45(2,3)4)27-35(26-33)46(5,6)7)39-20-19-38(51-39)43(40-21-22-42(48)52-40)32-15-13-31(14-16-32)23-24-53(10,11)12;/h13-22,25-27,41,43-44,51H,28-29H2,1-12H3;/q-2;+2. The van der Waals surface area contributed by atoms with Crippen LogP contribution in [0.3, 0.4) is 0 Å². The average molecular weight is 851 g/mol. The van der Waals surface area contributed by atoms with Crippen molar-refractivity contribution in [2.75, 3.05) is 0 Å². The van der Waals surface area contributed by atoms with Crippen LogP contribution in [0.4, 0.5) is 0 Å². The fourth-order valence-corrected chi connectivity index (χ4v) is 8.34. The molecule has 4 heterocycles. The summed E-state index contributed by atoms with van der Waals surface area (Å²) in [5, 5.41) is 0. The third kappa shape index (κ3) is 9.79. The monoisotopic (exact) mass is 848 g/mol. The fourth-order valence-electron chi connectivity index (χ4n) is 7.48. The summed E-state index contributed by atoms with van der Waals surface area (Å²) in [6, 6.07) is 29.3. The van der Waals surface area contributed by atoms with Crippen molar-refractivity contribution in [3.05, 3.63) is 140 Å². The minimum atomic E-state index is -1.48. The van der Waals surface area contributed by atoms with Gasteiger partial charge in [0.1, 0.15) is 8.07 Å². The first-order valence-electron chi connectivity index (χ1n) is 19.1. The fraction of sp³-hybridized carbons (Fsp3) is 0.426. The molecule has 1 aliphatic rings. The van der Waals surface area contributed by atoms with Crippen LogP contribution in [0.5, 0.6) is 0 Å². The predicted octanol–water partition coefficient (Wildman–Crippen LogP) is 11.7. The van der Waals surface area contributed by atoms with Crippen LogP contribution in [0.1, 0.15) is 137 Å². The van der Waals surface area contributed by atoms with Crippen molar-refractivity contribution in [2.45, 2.75) is 124 Å². The van der Waals surface area contributed by atoms with E-state index in [1.807, 2.05) is 6.07 Å². The zero-order chi connectivity index (χ0) is 38.5. The zero-order valence-corrected chi connectivity index (χ0v) is 40.1. The van der Waals surface area contributed by atoms with E-state index in [0.717, 1.165) is 51.5 Å². The minimum absolute atomic E-state index is 0. The van der Waals surface area contributed by atoms with Crippen LogP contribution in [-0.2, 0) is 36.7 Å². The Bertz CT molecular complexity index is 2130. The molecule has 7 heteroatoms. The number of H-pyrrole nitrogens is 1. The molecule has 0 fully saturated rings. The van der Waals surface area contributed by atoms with Crippen LogP contribution in [0.2, 0.25) is 19.6 Å². The molecule has 4 nitrogen and oxygen atoms in total. The number of aromatic nitrogens is 3.